The van der Waals surface area contributed by atoms with Crippen molar-refractivity contribution in [3.05, 3.63) is 28.5 Å². The minimum atomic E-state index is 0.0487. The zero-order valence-corrected chi connectivity index (χ0v) is 20.1. The number of aromatic amines is 1. The number of nitrogens with zero attached hydrogens (tertiary/aromatic N) is 7. The molecule has 170 valence electrons. The molecule has 0 saturated heterocycles. The van der Waals surface area contributed by atoms with E-state index in [1.807, 2.05) is 32.9 Å². The largest absolute Gasteiger partial charge is 0.355 e. The molecule has 4 aromatic rings. The molecule has 1 N–H and O–H groups in total. The van der Waals surface area contributed by atoms with Gasteiger partial charge in [-0.05, 0) is 45.7 Å². The number of fused-ring (bicyclic) bond motifs is 2. The minimum Gasteiger partial charge on any atom is -0.355 e. The number of aryl methyl sites for hydroxylation is 1. The van der Waals surface area contributed by atoms with Gasteiger partial charge in [0, 0.05) is 24.7 Å². The molecule has 1 aliphatic rings. The first-order valence-electron chi connectivity index (χ1n) is 11.5. The number of benzene rings is 1. The van der Waals surface area contributed by atoms with Gasteiger partial charge in [-0.1, -0.05) is 30.9 Å². The van der Waals surface area contributed by atoms with Crippen LogP contribution in [0.4, 0.5) is 5.82 Å². The van der Waals surface area contributed by atoms with Crippen molar-refractivity contribution in [2.24, 2.45) is 0 Å². The first kappa shape index (κ1) is 21.7. The van der Waals surface area contributed by atoms with Crippen molar-refractivity contribution in [2.45, 2.75) is 65.0 Å². The Kier molecular flexibility index (Phi) is 5.45. The van der Waals surface area contributed by atoms with Gasteiger partial charge in [0.25, 0.3) is 0 Å². The summed E-state index contributed by atoms with van der Waals surface area (Å²) in [5, 5.41) is 23.0. The summed E-state index contributed by atoms with van der Waals surface area (Å²) in [7, 11) is 2.10. The van der Waals surface area contributed by atoms with Gasteiger partial charge in [-0.25, -0.2) is 9.97 Å². The van der Waals surface area contributed by atoms with E-state index in [0.717, 1.165) is 17.1 Å². The molecule has 1 aliphatic carbocycles. The minimum absolute atomic E-state index is 0.0487. The molecule has 0 aliphatic heterocycles. The van der Waals surface area contributed by atoms with Crippen molar-refractivity contribution < 1.29 is 0 Å². The standard InChI is InChI=1S/C24H27ClN8/c1-13(2)33-18(12-26)19-17(31-33)11-10-16(20(19)25)21-22-23(30-29-21)28-24(14(3)27-22)32(4)15-8-6-5-7-9-15/h10-11,13,15H,5-9H2,1-4H3,(H,28,29,30). The van der Waals surface area contributed by atoms with Gasteiger partial charge in [-0.2, -0.15) is 15.5 Å². The van der Waals surface area contributed by atoms with Crippen molar-refractivity contribution in [1.82, 2.24) is 29.9 Å². The maximum atomic E-state index is 9.78. The van der Waals surface area contributed by atoms with Crippen LogP contribution in [0.1, 0.15) is 63.4 Å². The summed E-state index contributed by atoms with van der Waals surface area (Å²) in [6, 6.07) is 6.59. The van der Waals surface area contributed by atoms with Crippen LogP contribution in [0.25, 0.3) is 33.3 Å². The second-order valence-corrected chi connectivity index (χ2v) is 9.50. The Hall–Kier alpha value is -3.18. The smallest absolute Gasteiger partial charge is 0.202 e. The van der Waals surface area contributed by atoms with Crippen LogP contribution in [0.15, 0.2) is 12.1 Å². The number of aromatic nitrogens is 6. The Balaban J connectivity index is 1.62. The highest BCUT2D eigenvalue weighted by Crippen LogP contribution is 2.38. The number of anilines is 1. The average Bonchev–Trinajstić information content (AvgIpc) is 3.40. The molecule has 1 saturated carbocycles. The van der Waals surface area contributed by atoms with E-state index in [9.17, 15) is 5.26 Å². The number of nitrogens with one attached hydrogen (secondary N) is 1. The third-order valence-corrected chi connectivity index (χ3v) is 7.05. The van der Waals surface area contributed by atoms with E-state index >= 15 is 0 Å². The van der Waals surface area contributed by atoms with Crippen LogP contribution in [0.2, 0.25) is 5.02 Å². The number of H-pyrrole nitrogens is 1. The van der Waals surface area contributed by atoms with Gasteiger partial charge in [-0.15, -0.1) is 0 Å². The number of rotatable bonds is 4. The van der Waals surface area contributed by atoms with Crippen LogP contribution in [0, 0.1) is 18.3 Å². The maximum Gasteiger partial charge on any atom is 0.202 e. The lowest BCUT2D eigenvalue weighted by atomic mass is 9.94. The summed E-state index contributed by atoms with van der Waals surface area (Å²) >= 11 is 6.85. The summed E-state index contributed by atoms with van der Waals surface area (Å²) in [6.45, 7) is 5.97. The average molecular weight is 463 g/mol. The van der Waals surface area contributed by atoms with E-state index in [0.29, 0.717) is 44.5 Å². The SMILES string of the molecule is Cc1nc2c(-c3ccc4nn(C(C)C)c(C#N)c4c3Cl)[nH]nc2nc1N(C)C1CCCCC1. The monoisotopic (exact) mass is 462 g/mol. The molecule has 9 heteroatoms. The summed E-state index contributed by atoms with van der Waals surface area (Å²) in [5.74, 6) is 0.874. The summed E-state index contributed by atoms with van der Waals surface area (Å²) in [4.78, 5) is 12.0. The lowest BCUT2D eigenvalue weighted by Crippen LogP contribution is -2.34. The van der Waals surface area contributed by atoms with Gasteiger partial charge < -0.3 is 4.90 Å². The van der Waals surface area contributed by atoms with E-state index < -0.39 is 0 Å². The molecule has 0 spiro atoms. The van der Waals surface area contributed by atoms with Crippen molar-refractivity contribution >= 4 is 39.5 Å². The molecule has 0 atom stereocenters. The molecule has 0 bridgehead atoms. The predicted octanol–water partition coefficient (Wildman–Crippen LogP) is 5.55. The Morgan fingerprint density at radius 2 is 1.97 bits per heavy atom. The Morgan fingerprint density at radius 1 is 1.21 bits per heavy atom. The molecular formula is C24H27ClN8. The second-order valence-electron chi connectivity index (χ2n) is 9.13. The number of nitriles is 1. The molecule has 0 radical (unpaired) electrons. The summed E-state index contributed by atoms with van der Waals surface area (Å²) < 4.78 is 1.71. The van der Waals surface area contributed by atoms with E-state index in [4.69, 9.17) is 21.6 Å². The van der Waals surface area contributed by atoms with Crippen molar-refractivity contribution in [3.8, 4) is 17.3 Å². The van der Waals surface area contributed by atoms with Crippen molar-refractivity contribution in [2.75, 3.05) is 11.9 Å². The highest BCUT2D eigenvalue weighted by Gasteiger charge is 2.24. The van der Waals surface area contributed by atoms with Crippen LogP contribution in [0.3, 0.4) is 0 Å². The molecule has 5 rings (SSSR count). The molecule has 1 fully saturated rings. The Morgan fingerprint density at radius 3 is 2.67 bits per heavy atom. The lowest BCUT2D eigenvalue weighted by Gasteiger charge is -2.32. The summed E-state index contributed by atoms with van der Waals surface area (Å²) in [5.41, 5.74) is 4.66. The fourth-order valence-electron chi connectivity index (χ4n) is 4.90. The van der Waals surface area contributed by atoms with E-state index in [2.05, 4.69) is 33.3 Å². The zero-order valence-electron chi connectivity index (χ0n) is 19.4. The maximum absolute atomic E-state index is 9.78. The second kappa shape index (κ2) is 8.31. The number of hydrogen-bond acceptors (Lipinski definition) is 6. The molecule has 0 amide bonds. The fourth-order valence-corrected chi connectivity index (χ4v) is 5.25. The number of hydrogen-bond donors (Lipinski definition) is 1. The topological polar surface area (TPSA) is 99.3 Å². The van der Waals surface area contributed by atoms with Gasteiger partial charge in [0.15, 0.2) is 5.82 Å². The highest BCUT2D eigenvalue weighted by molar-refractivity contribution is 6.38. The lowest BCUT2D eigenvalue weighted by molar-refractivity contribution is 0.425. The predicted molar refractivity (Wildman–Crippen MR) is 131 cm³/mol. The normalized spacial score (nSPS) is 14.9. The first-order valence-corrected chi connectivity index (χ1v) is 11.8. The molecule has 3 aromatic heterocycles. The third kappa shape index (κ3) is 3.51. The van der Waals surface area contributed by atoms with Crippen molar-refractivity contribution in [1.29, 1.82) is 5.26 Å². The van der Waals surface area contributed by atoms with E-state index in [1.165, 1.54) is 32.1 Å². The number of halogens is 1. The highest BCUT2D eigenvalue weighted by atomic mass is 35.5. The third-order valence-electron chi connectivity index (χ3n) is 6.66. The molecule has 0 unspecified atom stereocenters. The Labute approximate surface area is 197 Å². The molecule has 33 heavy (non-hydrogen) atoms. The fraction of sp³-hybridized carbons (Fsp3) is 0.458. The van der Waals surface area contributed by atoms with Gasteiger partial charge in [0.1, 0.15) is 17.3 Å². The van der Waals surface area contributed by atoms with E-state index in [-0.39, 0.29) is 6.04 Å². The van der Waals surface area contributed by atoms with Crippen LogP contribution >= 0.6 is 11.6 Å². The van der Waals surface area contributed by atoms with Crippen LogP contribution in [0.5, 0.6) is 0 Å². The molecule has 1 aromatic carbocycles. The summed E-state index contributed by atoms with van der Waals surface area (Å²) in [6.07, 6.45) is 6.20. The molecular weight excluding hydrogens is 436 g/mol. The first-order chi connectivity index (χ1) is 15.9. The van der Waals surface area contributed by atoms with Gasteiger partial charge in [0.05, 0.1) is 27.3 Å². The van der Waals surface area contributed by atoms with Crippen molar-refractivity contribution in [3.63, 3.8) is 0 Å². The van der Waals surface area contributed by atoms with Crippen LogP contribution in [-0.4, -0.2) is 43.0 Å². The van der Waals surface area contributed by atoms with E-state index in [1.54, 1.807) is 4.68 Å². The Bertz CT molecular complexity index is 1390. The van der Waals surface area contributed by atoms with Gasteiger partial charge in [-0.3, -0.25) is 9.78 Å². The quantitative estimate of drug-likeness (QED) is 0.426. The van der Waals surface area contributed by atoms with Gasteiger partial charge >= 0.3 is 0 Å². The van der Waals surface area contributed by atoms with Crippen LogP contribution in [-0.2, 0) is 0 Å². The molecule has 3 heterocycles. The molecule has 8 nitrogen and oxygen atoms in total. The zero-order chi connectivity index (χ0) is 23.3. The van der Waals surface area contributed by atoms with Crippen LogP contribution < -0.4 is 4.90 Å². The van der Waals surface area contributed by atoms with Gasteiger partial charge in [0.2, 0.25) is 5.65 Å².